The van der Waals surface area contributed by atoms with Crippen LogP contribution in [-0.4, -0.2) is 54.2 Å². The summed E-state index contributed by atoms with van der Waals surface area (Å²) in [7, 11) is 0. The van der Waals surface area contributed by atoms with Crippen molar-refractivity contribution in [2.75, 3.05) is 31.6 Å². The molecule has 21 heavy (non-hydrogen) atoms. The average Bonchev–Trinajstić information content (AvgIpc) is 2.42. The normalized spacial score (nSPS) is 19.2. The summed E-state index contributed by atoms with van der Waals surface area (Å²) >= 11 is 3.40. The van der Waals surface area contributed by atoms with E-state index in [1.165, 1.54) is 0 Å². The number of anilines is 1. The fraction of sp³-hybridized carbons (Fsp3) is 0.429. The molecule has 1 fully saturated rings. The van der Waals surface area contributed by atoms with Crippen LogP contribution in [0.5, 0.6) is 0 Å². The fourth-order valence-electron chi connectivity index (χ4n) is 2.11. The Morgan fingerprint density at radius 3 is 2.95 bits per heavy atom. The second-order valence-electron chi connectivity index (χ2n) is 4.96. The molecule has 1 aromatic rings. The number of ether oxygens (including phenoxy) is 1. The third kappa shape index (κ3) is 4.52. The number of carbonyl (C=O) groups is 2. The molecule has 1 aromatic carbocycles. The van der Waals surface area contributed by atoms with Gasteiger partial charge in [-0.3, -0.25) is 9.69 Å². The lowest BCUT2D eigenvalue weighted by Crippen LogP contribution is -2.48. The lowest BCUT2D eigenvalue weighted by atomic mass is 10.2. The molecule has 6 nitrogen and oxygen atoms in total. The second-order valence-corrected chi connectivity index (χ2v) is 5.82. The van der Waals surface area contributed by atoms with Crippen LogP contribution < -0.4 is 5.32 Å². The number of carbonyl (C=O) groups excluding carboxylic acids is 1. The SMILES string of the molecule is Cc1ccc(NC(=O)CN2CCOC(C(=O)O)C2)c(Br)c1. The monoisotopic (exact) mass is 356 g/mol. The molecule has 1 aliphatic heterocycles. The lowest BCUT2D eigenvalue weighted by Gasteiger charge is -2.30. The topological polar surface area (TPSA) is 78.9 Å². The first-order chi connectivity index (χ1) is 9.95. The molecule has 1 saturated heterocycles. The van der Waals surface area contributed by atoms with Gasteiger partial charge < -0.3 is 15.2 Å². The number of aliphatic carboxylic acids is 1. The molecule has 0 aromatic heterocycles. The number of amides is 1. The molecule has 1 aliphatic rings. The first-order valence-electron chi connectivity index (χ1n) is 6.58. The minimum atomic E-state index is -0.999. The second kappa shape index (κ2) is 7.02. The van der Waals surface area contributed by atoms with Crippen molar-refractivity contribution < 1.29 is 19.4 Å². The highest BCUT2D eigenvalue weighted by Crippen LogP contribution is 2.23. The number of hydrogen-bond donors (Lipinski definition) is 2. The highest BCUT2D eigenvalue weighted by atomic mass is 79.9. The molecule has 2 N–H and O–H groups in total. The zero-order valence-electron chi connectivity index (χ0n) is 11.6. The first-order valence-corrected chi connectivity index (χ1v) is 7.38. The number of morpholine rings is 1. The predicted molar refractivity (Wildman–Crippen MR) is 81.3 cm³/mol. The van der Waals surface area contributed by atoms with E-state index < -0.39 is 12.1 Å². The van der Waals surface area contributed by atoms with Gasteiger partial charge in [-0.1, -0.05) is 6.07 Å². The molecule has 1 atom stereocenters. The summed E-state index contributed by atoms with van der Waals surface area (Å²) in [5.41, 5.74) is 1.80. The van der Waals surface area contributed by atoms with Crippen LogP contribution in [0, 0.1) is 6.92 Å². The van der Waals surface area contributed by atoms with Crippen molar-refractivity contribution in [2.24, 2.45) is 0 Å². The van der Waals surface area contributed by atoms with Crippen molar-refractivity contribution in [3.05, 3.63) is 28.2 Å². The largest absolute Gasteiger partial charge is 0.479 e. The molecule has 114 valence electrons. The smallest absolute Gasteiger partial charge is 0.334 e. The van der Waals surface area contributed by atoms with Crippen molar-refractivity contribution in [3.8, 4) is 0 Å². The van der Waals surface area contributed by atoms with E-state index in [4.69, 9.17) is 9.84 Å². The van der Waals surface area contributed by atoms with Crippen molar-refractivity contribution >= 4 is 33.5 Å². The van der Waals surface area contributed by atoms with Gasteiger partial charge in [0.15, 0.2) is 6.10 Å². The average molecular weight is 357 g/mol. The van der Waals surface area contributed by atoms with Crippen molar-refractivity contribution in [1.82, 2.24) is 4.90 Å². The number of carboxylic acids is 1. The van der Waals surface area contributed by atoms with Crippen molar-refractivity contribution in [3.63, 3.8) is 0 Å². The molecule has 7 heteroatoms. The van der Waals surface area contributed by atoms with Gasteiger partial charge in [0.05, 0.1) is 18.8 Å². The van der Waals surface area contributed by atoms with E-state index in [-0.39, 0.29) is 19.0 Å². The van der Waals surface area contributed by atoms with Crippen molar-refractivity contribution in [1.29, 1.82) is 0 Å². The molecule has 0 bridgehead atoms. The maximum atomic E-state index is 12.0. The van der Waals surface area contributed by atoms with E-state index in [9.17, 15) is 9.59 Å². The molecule has 0 aliphatic carbocycles. The van der Waals surface area contributed by atoms with Crippen molar-refractivity contribution in [2.45, 2.75) is 13.0 Å². The number of rotatable bonds is 4. The zero-order valence-corrected chi connectivity index (χ0v) is 13.2. The molecule has 1 unspecified atom stereocenters. The Morgan fingerprint density at radius 2 is 2.29 bits per heavy atom. The Labute approximate surface area is 131 Å². The third-order valence-corrected chi connectivity index (χ3v) is 3.85. The van der Waals surface area contributed by atoms with Gasteiger partial charge in [-0.25, -0.2) is 4.79 Å². The highest BCUT2D eigenvalue weighted by Gasteiger charge is 2.27. The van der Waals surface area contributed by atoms with E-state index in [2.05, 4.69) is 21.2 Å². The van der Waals surface area contributed by atoms with Crippen LogP contribution in [0.4, 0.5) is 5.69 Å². The van der Waals surface area contributed by atoms with Crippen LogP contribution >= 0.6 is 15.9 Å². The summed E-state index contributed by atoms with van der Waals surface area (Å²) in [4.78, 5) is 24.7. The molecule has 0 radical (unpaired) electrons. The number of halogens is 1. The number of hydrogen-bond acceptors (Lipinski definition) is 4. The summed E-state index contributed by atoms with van der Waals surface area (Å²) < 4.78 is 5.94. The minimum Gasteiger partial charge on any atom is -0.479 e. The number of carboxylic acid groups (broad SMARTS) is 1. The highest BCUT2D eigenvalue weighted by molar-refractivity contribution is 9.10. The number of nitrogens with one attached hydrogen (secondary N) is 1. The Balaban J connectivity index is 1.91. The van der Waals surface area contributed by atoms with E-state index in [0.717, 1.165) is 10.0 Å². The summed E-state index contributed by atoms with van der Waals surface area (Å²) in [6.45, 7) is 3.20. The van der Waals surface area contributed by atoms with E-state index >= 15 is 0 Å². The third-order valence-electron chi connectivity index (χ3n) is 3.19. The van der Waals surface area contributed by atoms with Gasteiger partial charge in [0, 0.05) is 17.6 Å². The molecule has 0 spiro atoms. The molecule has 1 heterocycles. The molecule has 1 amide bonds. The molecule has 0 saturated carbocycles. The quantitative estimate of drug-likeness (QED) is 0.854. The van der Waals surface area contributed by atoms with Gasteiger partial charge in [-0.2, -0.15) is 0 Å². The summed E-state index contributed by atoms with van der Waals surface area (Å²) in [6.07, 6.45) is -0.863. The maximum absolute atomic E-state index is 12.0. The first kappa shape index (κ1) is 15.9. The number of aryl methyl sites for hydroxylation is 1. The van der Waals surface area contributed by atoms with Gasteiger partial charge in [0.2, 0.25) is 5.91 Å². The number of nitrogens with zero attached hydrogens (tertiary/aromatic N) is 1. The minimum absolute atomic E-state index is 0.146. The van der Waals surface area contributed by atoms with Crippen LogP contribution in [0.25, 0.3) is 0 Å². The standard InChI is InChI=1S/C14H17BrN2O4/c1-9-2-3-11(10(15)6-9)16-13(18)8-17-4-5-21-12(7-17)14(19)20/h2-3,6,12H,4-5,7-8H2,1H3,(H,16,18)(H,19,20). The van der Waals surface area contributed by atoms with Gasteiger partial charge in [0.1, 0.15) is 0 Å². The number of benzene rings is 1. The molecular formula is C14H17BrN2O4. The van der Waals surface area contributed by atoms with Gasteiger partial charge in [-0.05, 0) is 40.5 Å². The summed E-state index contributed by atoms with van der Waals surface area (Å²) in [6, 6.07) is 5.66. The Bertz CT molecular complexity index is 550. The Hall–Kier alpha value is -1.44. The van der Waals surface area contributed by atoms with Gasteiger partial charge in [-0.15, -0.1) is 0 Å². The summed E-state index contributed by atoms with van der Waals surface area (Å²) in [5.74, 6) is -1.17. The van der Waals surface area contributed by atoms with E-state index in [0.29, 0.717) is 18.8 Å². The van der Waals surface area contributed by atoms with E-state index in [1.54, 1.807) is 4.90 Å². The Morgan fingerprint density at radius 1 is 1.52 bits per heavy atom. The van der Waals surface area contributed by atoms with Crippen LogP contribution in [0.15, 0.2) is 22.7 Å². The predicted octanol–water partition coefficient (Wildman–Crippen LogP) is 1.48. The van der Waals surface area contributed by atoms with Crippen LogP contribution in [0.1, 0.15) is 5.56 Å². The van der Waals surface area contributed by atoms with E-state index in [1.807, 2.05) is 25.1 Å². The lowest BCUT2D eigenvalue weighted by molar-refractivity contribution is -0.156. The summed E-state index contributed by atoms with van der Waals surface area (Å²) in [5, 5.41) is 11.7. The fourth-order valence-corrected chi connectivity index (χ4v) is 2.70. The maximum Gasteiger partial charge on any atom is 0.334 e. The van der Waals surface area contributed by atoms with Crippen LogP contribution in [-0.2, 0) is 14.3 Å². The van der Waals surface area contributed by atoms with Crippen LogP contribution in [0.2, 0.25) is 0 Å². The Kier molecular flexibility index (Phi) is 5.33. The van der Waals surface area contributed by atoms with Gasteiger partial charge >= 0.3 is 5.97 Å². The molecule has 2 rings (SSSR count). The molecular weight excluding hydrogens is 340 g/mol. The van der Waals surface area contributed by atoms with Gasteiger partial charge in [0.25, 0.3) is 0 Å². The zero-order chi connectivity index (χ0) is 15.4. The van der Waals surface area contributed by atoms with Crippen LogP contribution in [0.3, 0.4) is 0 Å².